The van der Waals surface area contributed by atoms with Crippen molar-refractivity contribution in [3.05, 3.63) is 0 Å². The summed E-state index contributed by atoms with van der Waals surface area (Å²) in [6.07, 6.45) is 0. The van der Waals surface area contributed by atoms with Crippen LogP contribution in [0.5, 0.6) is 0 Å². The summed E-state index contributed by atoms with van der Waals surface area (Å²) in [5, 5.41) is 32.6. The van der Waals surface area contributed by atoms with Gasteiger partial charge in [-0.25, -0.2) is 0 Å². The largest absolute Gasteiger partial charge is 0 e. The zero-order chi connectivity index (χ0) is 7.33. The fourth-order valence-electron chi connectivity index (χ4n) is 0.0949. The molecule has 50 valence electrons. The van der Waals surface area contributed by atoms with E-state index in [9.17, 15) is 0 Å². The molecule has 13 heavy (non-hydrogen) atoms. The summed E-state index contributed by atoms with van der Waals surface area (Å²) in [5.74, 6) is 0. The van der Waals surface area contributed by atoms with Gasteiger partial charge >= 0.3 is 54.9 Å². The molecule has 9 heteroatoms. The predicted octanol–water partition coefficient (Wildman–Crippen LogP) is -1.46. The van der Waals surface area contributed by atoms with Crippen LogP contribution in [0.15, 0.2) is 0 Å². The summed E-state index contributed by atoms with van der Waals surface area (Å²) in [5.41, 5.74) is 0. The monoisotopic (exact) mass is 327 g/mol. The van der Waals surface area contributed by atoms with Crippen LogP contribution in [-0.4, -0.2) is 75.4 Å². The summed E-state index contributed by atoms with van der Waals surface area (Å²) in [4.78, 5) is 0. The van der Waals surface area contributed by atoms with E-state index in [0.29, 0.717) is 0 Å². The summed E-state index contributed by atoms with van der Waals surface area (Å²) < 4.78 is 5.85. The molecule has 0 bridgehead atoms. The molecule has 0 aliphatic heterocycles. The molecule has 0 aromatic carbocycles. The van der Waals surface area contributed by atoms with E-state index in [0.717, 1.165) is 0 Å². The van der Waals surface area contributed by atoms with Gasteiger partial charge < -0.3 is 0 Å². The zero-order valence-corrected chi connectivity index (χ0v) is 10.4. The molecule has 0 aliphatic carbocycles. The Balaban J connectivity index is -0.0000000533. The molecule has 0 saturated carbocycles. The molecule has 0 aliphatic rings. The first kappa shape index (κ1) is 29.2. The quantitative estimate of drug-likeness (QED) is 0.508. The van der Waals surface area contributed by atoms with Crippen LogP contribution in [-0.2, 0) is 16.1 Å². The fraction of sp³-hybridized carbons (Fsp3) is 0. The van der Waals surface area contributed by atoms with Crippen LogP contribution in [0, 0.1) is 38.9 Å². The Morgan fingerprint density at radius 3 is 0.692 bits per heavy atom. The van der Waals surface area contributed by atoms with Crippen molar-refractivity contribution in [3.8, 4) is 17.8 Å². The van der Waals surface area contributed by atoms with E-state index in [-0.39, 0.29) is 75.4 Å². The van der Waals surface area contributed by atoms with Crippen molar-refractivity contribution in [2.75, 3.05) is 0 Å². The van der Waals surface area contributed by atoms with Crippen molar-refractivity contribution >= 4 is 75.4 Å². The van der Waals surface area contributed by atoms with Crippen LogP contribution < -0.4 is 0 Å². The van der Waals surface area contributed by atoms with Gasteiger partial charge in [0, 0.05) is 75.4 Å². The van der Waals surface area contributed by atoms with Crippen molar-refractivity contribution in [3.63, 3.8) is 0 Å². The van der Waals surface area contributed by atoms with Crippen LogP contribution in [0.3, 0.4) is 0 Å². The van der Waals surface area contributed by atoms with Crippen molar-refractivity contribution in [1.29, 1.82) is 21.0 Å². The molecule has 0 amide bonds. The Morgan fingerprint density at radius 2 is 0.692 bits per heavy atom. The summed E-state index contributed by atoms with van der Waals surface area (Å²) in [6, 6.07) is 0. The third-order valence-electron chi connectivity index (χ3n) is 0.424. The molecule has 0 fully saturated rings. The van der Waals surface area contributed by atoms with Gasteiger partial charge in [-0.1, -0.05) is 0 Å². The summed E-state index contributed by atoms with van der Waals surface area (Å²) in [6.45, 7) is 0. The molecule has 0 aromatic rings. The van der Waals surface area contributed by atoms with Gasteiger partial charge in [-0.15, -0.1) is 0 Å². The maximum absolute atomic E-state index is 8.14. The average Bonchev–Trinajstić information content (AvgIpc) is 1.95. The number of hydrogen-bond acceptors (Lipinski definition) is 4. The predicted molar refractivity (Wildman–Crippen MR) is 45.5 cm³/mol. The number of rotatable bonds is 0. The third kappa shape index (κ3) is 9.34. The Bertz CT molecular complexity index is 217. The van der Waals surface area contributed by atoms with Gasteiger partial charge in [0.1, 0.15) is 0 Å². The molecular weight excluding hydrogens is 327 g/mol. The van der Waals surface area contributed by atoms with E-state index in [1.807, 2.05) is 0 Å². The molecule has 0 aromatic heterocycles. The SMILES string of the molecule is N#[C][Pt]([C]#N)([C]#N)[C]#N.[Li].[Li].[Li].[Li]. The van der Waals surface area contributed by atoms with Gasteiger partial charge in [0.05, 0.1) is 0 Å². The number of nitrogens with zero attached hydrogens (tertiary/aromatic N) is 4. The van der Waals surface area contributed by atoms with Crippen LogP contribution in [0.2, 0.25) is 0 Å². The number of nitriles is 4. The molecule has 0 saturated heterocycles. The summed E-state index contributed by atoms with van der Waals surface area (Å²) in [7, 11) is 0. The topological polar surface area (TPSA) is 95.2 Å². The molecule has 0 N–H and O–H groups in total. The van der Waals surface area contributed by atoms with E-state index in [4.69, 9.17) is 21.0 Å². The molecule has 0 unspecified atom stereocenters. The second-order valence-corrected chi connectivity index (χ2v) is 6.20. The molecular formula is C4Li4N4Pt. The van der Waals surface area contributed by atoms with Crippen molar-refractivity contribution in [2.45, 2.75) is 0 Å². The first-order valence-corrected chi connectivity index (χ1v) is 6.07. The van der Waals surface area contributed by atoms with Gasteiger partial charge in [-0.05, 0) is 0 Å². The normalized spacial score (nSPS) is 6.46. The second-order valence-electron chi connectivity index (χ2n) is 0.757. The fourth-order valence-corrected chi connectivity index (χ4v) is 0.777. The molecule has 0 heterocycles. The van der Waals surface area contributed by atoms with Gasteiger partial charge in [0.25, 0.3) is 0 Å². The van der Waals surface area contributed by atoms with Crippen LogP contribution in [0.1, 0.15) is 0 Å². The van der Waals surface area contributed by atoms with Crippen LogP contribution in [0.4, 0.5) is 0 Å². The van der Waals surface area contributed by atoms with Gasteiger partial charge in [0.15, 0.2) is 0 Å². The summed E-state index contributed by atoms with van der Waals surface area (Å²) >= 11 is -3.88. The van der Waals surface area contributed by atoms with E-state index in [2.05, 4.69) is 0 Å². The molecule has 4 radical (unpaired) electrons. The van der Waals surface area contributed by atoms with Crippen molar-refractivity contribution < 1.29 is 16.1 Å². The Morgan fingerprint density at radius 1 is 0.538 bits per heavy atom. The first-order valence-electron chi connectivity index (χ1n) is 1.53. The number of hydrogen-bond donors (Lipinski definition) is 0. The standard InChI is InChI=1S/4CN.4Li.Pt/c4*1-2;;;;;. The molecule has 0 rings (SSSR count). The van der Waals surface area contributed by atoms with E-state index in [1.54, 1.807) is 0 Å². The smallest absolute Gasteiger partial charge is 0 e. The van der Waals surface area contributed by atoms with E-state index in [1.165, 1.54) is 17.8 Å². The maximum atomic E-state index is 8.14. The Hall–Kier alpha value is 1.04. The molecule has 0 spiro atoms. The average molecular weight is 327 g/mol. The maximum Gasteiger partial charge on any atom is 0 e. The Labute approximate surface area is 129 Å². The van der Waals surface area contributed by atoms with E-state index >= 15 is 0 Å². The van der Waals surface area contributed by atoms with Gasteiger partial charge in [-0.3, -0.25) is 0 Å². The molecule has 4 nitrogen and oxygen atoms in total. The van der Waals surface area contributed by atoms with Crippen molar-refractivity contribution in [2.24, 2.45) is 0 Å². The minimum Gasteiger partial charge on any atom is 0 e. The van der Waals surface area contributed by atoms with E-state index < -0.39 is 16.1 Å². The van der Waals surface area contributed by atoms with Gasteiger partial charge in [-0.2, -0.15) is 0 Å². The van der Waals surface area contributed by atoms with Crippen LogP contribution >= 0.6 is 0 Å². The minimum absolute atomic E-state index is 0. The Kier molecular flexibility index (Phi) is 34.8. The third-order valence-corrected chi connectivity index (χ3v) is 3.47. The van der Waals surface area contributed by atoms with Crippen LogP contribution in [0.25, 0.3) is 0 Å². The molecule has 0 atom stereocenters. The second kappa shape index (κ2) is 15.5. The first-order chi connectivity index (χ1) is 4.24. The minimum atomic E-state index is -3.88. The zero-order valence-electron chi connectivity index (χ0n) is 8.11. The van der Waals surface area contributed by atoms with Crippen molar-refractivity contribution in [1.82, 2.24) is 0 Å². The van der Waals surface area contributed by atoms with Gasteiger partial charge in [0.2, 0.25) is 0 Å².